The van der Waals surface area contributed by atoms with Crippen LogP contribution in [0.4, 0.5) is 5.82 Å². The number of hydrogen-bond acceptors (Lipinski definition) is 5. The minimum absolute atomic E-state index is 0.0225. The molecule has 0 spiro atoms. The largest absolute Gasteiger partial charge is 0.388 e. The van der Waals surface area contributed by atoms with Crippen LogP contribution in [-0.4, -0.2) is 17.2 Å². The number of rotatable bonds is 6. The Hall–Kier alpha value is -3.13. The van der Waals surface area contributed by atoms with Gasteiger partial charge in [-0.25, -0.2) is 0 Å². The molecule has 0 aliphatic heterocycles. The van der Waals surface area contributed by atoms with Gasteiger partial charge in [0.2, 0.25) is 0 Å². The van der Waals surface area contributed by atoms with E-state index in [0.29, 0.717) is 5.56 Å². The van der Waals surface area contributed by atoms with Crippen LogP contribution in [0.2, 0.25) is 0 Å². The number of anilines is 1. The lowest BCUT2D eigenvalue weighted by Gasteiger charge is -2.18. The average Bonchev–Trinajstić information content (AvgIpc) is 2.69. The molecule has 0 bridgehead atoms. The minimum atomic E-state index is -0.0225. The molecule has 0 amide bonds. The van der Waals surface area contributed by atoms with Crippen LogP contribution in [0.1, 0.15) is 62.5 Å². The van der Waals surface area contributed by atoms with E-state index in [4.69, 9.17) is 0 Å². The Balaban J connectivity index is 2.67. The molecule has 0 aliphatic rings. The molecule has 2 aromatic rings. The summed E-state index contributed by atoms with van der Waals surface area (Å²) in [5.41, 5.74) is 5.90. The monoisotopic (exact) mass is 389 g/mol. The Labute approximate surface area is 173 Å². The van der Waals surface area contributed by atoms with Gasteiger partial charge in [0.05, 0.1) is 23.4 Å². The summed E-state index contributed by atoms with van der Waals surface area (Å²) in [6.45, 7) is 12.4. The lowest BCUT2D eigenvalue weighted by Crippen LogP contribution is -2.35. The van der Waals surface area contributed by atoms with Gasteiger partial charge < -0.3 is 10.6 Å². The fraction of sp³-hybridized carbons (Fsp3) is 0.375. The van der Waals surface area contributed by atoms with Crippen LogP contribution >= 0.6 is 0 Å². The van der Waals surface area contributed by atoms with Gasteiger partial charge in [-0.1, -0.05) is 30.7 Å². The number of nitrogens with zero attached hydrogens (tertiary/aromatic N) is 3. The van der Waals surface area contributed by atoms with Crippen LogP contribution in [0.3, 0.4) is 0 Å². The summed E-state index contributed by atoms with van der Waals surface area (Å²) in [6, 6.07) is 8.06. The summed E-state index contributed by atoms with van der Waals surface area (Å²) in [4.78, 5) is 0. The minimum Gasteiger partial charge on any atom is -0.388 e. The first-order valence-electron chi connectivity index (χ1n) is 10.0. The molecular formula is C24H31N5. The fourth-order valence-corrected chi connectivity index (χ4v) is 3.56. The molecule has 2 N–H and O–H groups in total. The summed E-state index contributed by atoms with van der Waals surface area (Å²) >= 11 is 0. The van der Waals surface area contributed by atoms with Crippen molar-refractivity contribution in [2.24, 2.45) is 0 Å². The highest BCUT2D eigenvalue weighted by Crippen LogP contribution is 2.22. The van der Waals surface area contributed by atoms with E-state index >= 15 is 0 Å². The van der Waals surface area contributed by atoms with Gasteiger partial charge in [-0.05, 0) is 64.3 Å². The molecule has 0 saturated heterocycles. The van der Waals surface area contributed by atoms with Crippen LogP contribution in [0, 0.1) is 25.2 Å². The topological polar surface area (TPSA) is 73.6 Å². The van der Waals surface area contributed by atoms with Crippen molar-refractivity contribution >= 4 is 17.5 Å². The highest BCUT2D eigenvalue weighted by molar-refractivity contribution is 5.57. The normalized spacial score (nSPS) is 13.0. The van der Waals surface area contributed by atoms with E-state index in [1.807, 2.05) is 39.1 Å². The van der Waals surface area contributed by atoms with Gasteiger partial charge in [0, 0.05) is 23.2 Å². The van der Waals surface area contributed by atoms with Crippen LogP contribution in [-0.2, 0) is 0 Å². The Morgan fingerprint density at radius 1 is 1.24 bits per heavy atom. The van der Waals surface area contributed by atoms with Crippen molar-refractivity contribution in [3.8, 4) is 6.07 Å². The summed E-state index contributed by atoms with van der Waals surface area (Å²) in [6.07, 6.45) is 5.22. The van der Waals surface area contributed by atoms with E-state index in [-0.39, 0.29) is 6.04 Å². The molecule has 1 aromatic heterocycles. The summed E-state index contributed by atoms with van der Waals surface area (Å²) in [7, 11) is 1.92. The van der Waals surface area contributed by atoms with Crippen molar-refractivity contribution in [1.82, 2.24) is 15.5 Å². The van der Waals surface area contributed by atoms with Crippen molar-refractivity contribution in [1.29, 1.82) is 5.26 Å². The molecule has 1 atom stereocenters. The van der Waals surface area contributed by atoms with E-state index in [1.54, 1.807) is 0 Å². The molecule has 0 fully saturated rings. The van der Waals surface area contributed by atoms with Gasteiger partial charge in [0.1, 0.15) is 0 Å². The summed E-state index contributed by atoms with van der Waals surface area (Å²) in [5.74, 6) is 0.735. The SMILES string of the molecule is CC/C=C(/C=c1/c(N[C@H](C)c2cccc(C#N)c2C)nnc(C)c1=C(C)C)NC. The fourth-order valence-electron chi connectivity index (χ4n) is 3.56. The molecule has 29 heavy (non-hydrogen) atoms. The van der Waals surface area contributed by atoms with Gasteiger partial charge >= 0.3 is 0 Å². The molecule has 1 aromatic carbocycles. The first-order valence-corrected chi connectivity index (χ1v) is 10.0. The van der Waals surface area contributed by atoms with Gasteiger partial charge in [-0.15, -0.1) is 5.10 Å². The Morgan fingerprint density at radius 2 is 1.97 bits per heavy atom. The number of aromatic nitrogens is 2. The Morgan fingerprint density at radius 3 is 2.55 bits per heavy atom. The predicted molar refractivity (Wildman–Crippen MR) is 121 cm³/mol. The van der Waals surface area contributed by atoms with E-state index in [9.17, 15) is 5.26 Å². The van der Waals surface area contributed by atoms with Crippen LogP contribution in [0.15, 0.2) is 30.0 Å². The molecule has 5 heteroatoms. The second-order valence-electron chi connectivity index (χ2n) is 7.38. The highest BCUT2D eigenvalue weighted by Gasteiger charge is 2.13. The number of benzene rings is 1. The number of aryl methyl sites for hydroxylation is 1. The van der Waals surface area contributed by atoms with Crippen LogP contribution in [0.25, 0.3) is 11.6 Å². The quantitative estimate of drug-likeness (QED) is 0.789. The summed E-state index contributed by atoms with van der Waals surface area (Å²) in [5, 5.41) is 27.1. The van der Waals surface area contributed by atoms with E-state index in [0.717, 1.165) is 45.2 Å². The van der Waals surface area contributed by atoms with Crippen molar-refractivity contribution in [2.45, 2.75) is 54.0 Å². The third kappa shape index (κ3) is 5.03. The van der Waals surface area contributed by atoms with Crippen molar-refractivity contribution in [3.05, 3.63) is 62.8 Å². The molecule has 5 nitrogen and oxygen atoms in total. The second-order valence-corrected chi connectivity index (χ2v) is 7.38. The average molecular weight is 390 g/mol. The van der Waals surface area contributed by atoms with Crippen molar-refractivity contribution in [2.75, 3.05) is 12.4 Å². The summed E-state index contributed by atoms with van der Waals surface area (Å²) < 4.78 is 0. The molecule has 1 heterocycles. The van der Waals surface area contributed by atoms with Crippen LogP contribution in [0.5, 0.6) is 0 Å². The first kappa shape index (κ1) is 22.2. The lowest BCUT2D eigenvalue weighted by molar-refractivity contribution is 0.839. The van der Waals surface area contributed by atoms with Gasteiger partial charge in [0.25, 0.3) is 0 Å². The van der Waals surface area contributed by atoms with Gasteiger partial charge in [0.15, 0.2) is 5.82 Å². The number of hydrogen-bond donors (Lipinski definition) is 2. The maximum Gasteiger partial charge on any atom is 0.157 e. The van der Waals surface area contributed by atoms with Crippen LogP contribution < -0.4 is 21.1 Å². The maximum atomic E-state index is 9.35. The molecule has 0 unspecified atom stereocenters. The molecule has 0 radical (unpaired) electrons. The van der Waals surface area contributed by atoms with Crippen molar-refractivity contribution in [3.63, 3.8) is 0 Å². The zero-order valence-electron chi connectivity index (χ0n) is 18.5. The standard InChI is InChI=1S/C24H31N5/c1-8-10-20(26-7)13-22-23(15(2)3)18(6)28-29-24(22)27-17(5)21-12-9-11-19(14-25)16(21)4/h9-13,17,26H,8H2,1-7H3,(H,27,29)/b20-10-,22-13+/t17-/m1/s1. The molecule has 152 valence electrons. The number of nitriles is 1. The third-order valence-corrected chi connectivity index (χ3v) is 5.01. The second kappa shape index (κ2) is 9.88. The zero-order chi connectivity index (χ0) is 21.6. The van der Waals surface area contributed by atoms with Gasteiger partial charge in [-0.3, -0.25) is 0 Å². The van der Waals surface area contributed by atoms with E-state index < -0.39 is 0 Å². The third-order valence-electron chi connectivity index (χ3n) is 5.01. The Bertz CT molecular complexity index is 1070. The molecule has 0 aliphatic carbocycles. The van der Waals surface area contributed by atoms with E-state index in [2.05, 4.69) is 66.7 Å². The van der Waals surface area contributed by atoms with Gasteiger partial charge in [-0.2, -0.15) is 10.4 Å². The van der Waals surface area contributed by atoms with E-state index in [1.165, 1.54) is 5.57 Å². The lowest BCUT2D eigenvalue weighted by atomic mass is 9.98. The zero-order valence-corrected chi connectivity index (χ0v) is 18.5. The van der Waals surface area contributed by atoms with Crippen molar-refractivity contribution < 1.29 is 0 Å². The Kier molecular flexibility index (Phi) is 7.55. The smallest absolute Gasteiger partial charge is 0.157 e. The molecule has 2 rings (SSSR count). The molecular weight excluding hydrogens is 358 g/mol. The highest BCUT2D eigenvalue weighted by atomic mass is 15.2. The number of nitrogens with one attached hydrogen (secondary N) is 2. The maximum absolute atomic E-state index is 9.35. The first-order chi connectivity index (χ1) is 13.8. The number of allylic oxidation sites excluding steroid dienone is 2. The predicted octanol–water partition coefficient (Wildman–Crippen LogP) is 3.62. The molecule has 0 saturated carbocycles.